The number of benzene rings is 2. The summed E-state index contributed by atoms with van der Waals surface area (Å²) in [6.45, 7) is 4.86. The van der Waals surface area contributed by atoms with Crippen LogP contribution in [0.5, 0.6) is 17.2 Å². The van der Waals surface area contributed by atoms with E-state index in [1.807, 2.05) is 25.1 Å². The highest BCUT2D eigenvalue weighted by molar-refractivity contribution is 5.44. The maximum atomic E-state index is 5.52. The standard InChI is InChI=1S/C17H19NO3/c1-2-19-15-5-3-4-13(8-15)10-18-11-14-6-7-16-17(9-14)21-12-20-16/h3-9,18H,2,10-12H2,1H3/p+1. The summed E-state index contributed by atoms with van der Waals surface area (Å²) >= 11 is 0. The van der Waals surface area contributed by atoms with E-state index in [9.17, 15) is 0 Å². The van der Waals surface area contributed by atoms with Gasteiger partial charge in [0, 0.05) is 11.1 Å². The van der Waals surface area contributed by atoms with Crippen LogP contribution in [0.3, 0.4) is 0 Å². The van der Waals surface area contributed by atoms with Gasteiger partial charge in [0.2, 0.25) is 6.79 Å². The number of fused-ring (bicyclic) bond motifs is 1. The minimum Gasteiger partial charge on any atom is -0.494 e. The zero-order valence-corrected chi connectivity index (χ0v) is 12.2. The van der Waals surface area contributed by atoms with Gasteiger partial charge in [-0.25, -0.2) is 0 Å². The van der Waals surface area contributed by atoms with E-state index in [2.05, 4.69) is 29.6 Å². The Balaban J connectivity index is 1.55. The fraction of sp³-hybridized carbons (Fsp3) is 0.294. The third kappa shape index (κ3) is 3.47. The molecule has 0 spiro atoms. The quantitative estimate of drug-likeness (QED) is 0.884. The molecule has 1 heterocycles. The van der Waals surface area contributed by atoms with E-state index in [0.717, 1.165) is 30.3 Å². The lowest BCUT2D eigenvalue weighted by molar-refractivity contribution is -0.686. The molecule has 4 heteroatoms. The van der Waals surface area contributed by atoms with Crippen molar-refractivity contribution >= 4 is 0 Å². The maximum absolute atomic E-state index is 5.52. The van der Waals surface area contributed by atoms with Crippen molar-refractivity contribution in [3.63, 3.8) is 0 Å². The lowest BCUT2D eigenvalue weighted by atomic mass is 10.2. The van der Waals surface area contributed by atoms with Gasteiger partial charge in [0.05, 0.1) is 6.61 Å². The Morgan fingerprint density at radius 1 is 1.00 bits per heavy atom. The molecule has 0 unspecified atom stereocenters. The third-order valence-corrected chi connectivity index (χ3v) is 3.41. The first-order valence-electron chi connectivity index (χ1n) is 7.27. The molecule has 3 rings (SSSR count). The molecule has 21 heavy (non-hydrogen) atoms. The maximum Gasteiger partial charge on any atom is 0.231 e. The van der Waals surface area contributed by atoms with Crippen LogP contribution >= 0.6 is 0 Å². The first-order valence-corrected chi connectivity index (χ1v) is 7.27. The van der Waals surface area contributed by atoms with E-state index in [1.54, 1.807) is 0 Å². The number of quaternary nitrogens is 1. The van der Waals surface area contributed by atoms with E-state index in [0.29, 0.717) is 13.4 Å². The summed E-state index contributed by atoms with van der Waals surface area (Å²) < 4.78 is 16.2. The minimum atomic E-state index is 0.326. The Bertz CT molecular complexity index is 613. The molecule has 0 aromatic heterocycles. The van der Waals surface area contributed by atoms with E-state index >= 15 is 0 Å². The van der Waals surface area contributed by atoms with Crippen molar-refractivity contribution in [2.24, 2.45) is 0 Å². The highest BCUT2D eigenvalue weighted by Gasteiger charge is 2.13. The predicted molar refractivity (Wildman–Crippen MR) is 79.5 cm³/mol. The molecule has 2 aromatic rings. The van der Waals surface area contributed by atoms with Gasteiger partial charge < -0.3 is 19.5 Å². The first-order chi connectivity index (χ1) is 10.3. The highest BCUT2D eigenvalue weighted by Crippen LogP contribution is 2.32. The van der Waals surface area contributed by atoms with E-state index in [-0.39, 0.29) is 0 Å². The topological polar surface area (TPSA) is 44.3 Å². The second-order valence-electron chi connectivity index (χ2n) is 4.96. The van der Waals surface area contributed by atoms with E-state index < -0.39 is 0 Å². The van der Waals surface area contributed by atoms with Crippen molar-refractivity contribution in [2.45, 2.75) is 20.0 Å². The van der Waals surface area contributed by atoms with Crippen LogP contribution in [0.2, 0.25) is 0 Å². The van der Waals surface area contributed by atoms with Gasteiger partial charge in [-0.1, -0.05) is 12.1 Å². The molecular formula is C17H20NO3+. The zero-order valence-electron chi connectivity index (χ0n) is 12.2. The number of nitrogens with two attached hydrogens (primary N) is 1. The molecule has 1 aliphatic heterocycles. The number of rotatable bonds is 6. The highest BCUT2D eigenvalue weighted by atomic mass is 16.7. The minimum absolute atomic E-state index is 0.326. The van der Waals surface area contributed by atoms with Crippen molar-refractivity contribution in [3.8, 4) is 17.2 Å². The van der Waals surface area contributed by atoms with Gasteiger partial charge in [-0.05, 0) is 37.3 Å². The second kappa shape index (κ2) is 6.50. The summed E-state index contributed by atoms with van der Waals surface area (Å²) in [5.41, 5.74) is 2.50. The first kappa shape index (κ1) is 13.8. The molecule has 0 aliphatic carbocycles. The van der Waals surface area contributed by atoms with Crippen LogP contribution in [0, 0.1) is 0 Å². The average molecular weight is 286 g/mol. The molecule has 0 bridgehead atoms. The molecule has 2 aromatic carbocycles. The molecule has 0 atom stereocenters. The Labute approximate surface area is 124 Å². The van der Waals surface area contributed by atoms with Gasteiger partial charge in [-0.3, -0.25) is 0 Å². The fourth-order valence-electron chi connectivity index (χ4n) is 2.40. The van der Waals surface area contributed by atoms with Crippen molar-refractivity contribution in [3.05, 3.63) is 53.6 Å². The van der Waals surface area contributed by atoms with Crippen LogP contribution in [0.25, 0.3) is 0 Å². The van der Waals surface area contributed by atoms with Gasteiger partial charge in [0.1, 0.15) is 18.8 Å². The molecule has 0 saturated heterocycles. The van der Waals surface area contributed by atoms with Crippen LogP contribution in [0.1, 0.15) is 18.1 Å². The largest absolute Gasteiger partial charge is 0.494 e. The Morgan fingerprint density at radius 3 is 2.67 bits per heavy atom. The van der Waals surface area contributed by atoms with Gasteiger partial charge >= 0.3 is 0 Å². The van der Waals surface area contributed by atoms with Gasteiger partial charge in [-0.15, -0.1) is 0 Å². The van der Waals surface area contributed by atoms with Crippen molar-refractivity contribution in [1.82, 2.24) is 0 Å². The molecule has 1 aliphatic rings. The average Bonchev–Trinajstić information content (AvgIpc) is 2.96. The van der Waals surface area contributed by atoms with Gasteiger partial charge in [0.15, 0.2) is 11.5 Å². The Morgan fingerprint density at radius 2 is 1.81 bits per heavy atom. The molecule has 4 nitrogen and oxygen atoms in total. The molecule has 0 amide bonds. The SMILES string of the molecule is CCOc1cccc(C[NH2+]Cc2ccc3c(c2)OCO3)c1. The Hall–Kier alpha value is -2.20. The summed E-state index contributed by atoms with van der Waals surface area (Å²) in [5.74, 6) is 2.62. The summed E-state index contributed by atoms with van der Waals surface area (Å²) in [6.07, 6.45) is 0. The molecular weight excluding hydrogens is 266 g/mol. The summed E-state index contributed by atoms with van der Waals surface area (Å²) in [7, 11) is 0. The van der Waals surface area contributed by atoms with Crippen molar-refractivity contribution < 1.29 is 19.5 Å². The van der Waals surface area contributed by atoms with E-state index in [4.69, 9.17) is 14.2 Å². The zero-order chi connectivity index (χ0) is 14.5. The Kier molecular flexibility index (Phi) is 4.26. The van der Waals surface area contributed by atoms with Gasteiger partial charge in [0.25, 0.3) is 0 Å². The molecule has 0 saturated carbocycles. The van der Waals surface area contributed by atoms with Crippen LogP contribution in [-0.2, 0) is 13.1 Å². The second-order valence-corrected chi connectivity index (χ2v) is 4.96. The smallest absolute Gasteiger partial charge is 0.231 e. The van der Waals surface area contributed by atoms with Crippen LogP contribution in [0.4, 0.5) is 0 Å². The number of hydrogen-bond donors (Lipinski definition) is 1. The molecule has 0 radical (unpaired) electrons. The van der Waals surface area contributed by atoms with Crippen LogP contribution in [0.15, 0.2) is 42.5 Å². The van der Waals surface area contributed by atoms with Crippen molar-refractivity contribution in [2.75, 3.05) is 13.4 Å². The molecule has 0 fully saturated rings. The number of ether oxygens (including phenoxy) is 3. The van der Waals surface area contributed by atoms with Gasteiger partial charge in [-0.2, -0.15) is 0 Å². The predicted octanol–water partition coefficient (Wildman–Crippen LogP) is 2.08. The van der Waals surface area contributed by atoms with Crippen LogP contribution in [-0.4, -0.2) is 13.4 Å². The fourth-order valence-corrected chi connectivity index (χ4v) is 2.40. The third-order valence-electron chi connectivity index (χ3n) is 3.41. The summed E-state index contributed by atoms with van der Waals surface area (Å²) in [5, 5.41) is 2.27. The monoisotopic (exact) mass is 286 g/mol. The number of hydrogen-bond acceptors (Lipinski definition) is 3. The molecule has 110 valence electrons. The van der Waals surface area contributed by atoms with Crippen LogP contribution < -0.4 is 19.5 Å². The van der Waals surface area contributed by atoms with E-state index in [1.165, 1.54) is 11.1 Å². The summed E-state index contributed by atoms with van der Waals surface area (Å²) in [6, 6.07) is 14.4. The normalized spacial score (nSPS) is 12.4. The lowest BCUT2D eigenvalue weighted by Gasteiger charge is -2.06. The molecule has 2 N–H and O–H groups in total. The van der Waals surface area contributed by atoms with Crippen molar-refractivity contribution in [1.29, 1.82) is 0 Å². The summed E-state index contributed by atoms with van der Waals surface area (Å²) in [4.78, 5) is 0. The lowest BCUT2D eigenvalue weighted by Crippen LogP contribution is -2.80.